The molecule has 0 radical (unpaired) electrons. The Hall–Kier alpha value is -4.75. The smallest absolute Gasteiger partial charge is 0.186 e. The van der Waals surface area contributed by atoms with E-state index in [2.05, 4.69) is 53.6 Å². The molecule has 84 heavy (non-hydrogen) atoms. The van der Waals surface area contributed by atoms with Crippen molar-refractivity contribution in [1.29, 1.82) is 0 Å². The van der Waals surface area contributed by atoms with E-state index in [-0.39, 0.29) is 53.5 Å². The lowest BCUT2D eigenvalue weighted by molar-refractivity contribution is -0.150. The lowest BCUT2D eigenvalue weighted by Crippen LogP contribution is -2.62. The van der Waals surface area contributed by atoms with Gasteiger partial charge in [0, 0.05) is 65.0 Å². The number of H-pyrrole nitrogens is 1. The fourth-order valence-electron chi connectivity index (χ4n) is 16.0. The van der Waals surface area contributed by atoms with Gasteiger partial charge in [-0.05, 0) is 168 Å². The van der Waals surface area contributed by atoms with Crippen LogP contribution in [-0.2, 0) is 41.4 Å². The van der Waals surface area contributed by atoms with Gasteiger partial charge in [0.05, 0.1) is 42.1 Å². The second kappa shape index (κ2) is 25.5. The number of aromatic amines is 1. The van der Waals surface area contributed by atoms with Gasteiger partial charge in [-0.3, -0.25) is 4.79 Å². The molecule has 8 N–H and O–H groups in total. The van der Waals surface area contributed by atoms with Crippen molar-refractivity contribution in [3.05, 3.63) is 153 Å². The number of aromatic nitrogens is 1. The molecule has 12 rings (SSSR count). The maximum absolute atomic E-state index is 17.8. The molecule has 3 saturated carbocycles. The summed E-state index contributed by atoms with van der Waals surface area (Å²) in [4.78, 5) is 21.0. The van der Waals surface area contributed by atoms with Crippen molar-refractivity contribution in [3.63, 3.8) is 0 Å². The van der Waals surface area contributed by atoms with Gasteiger partial charge in [0.1, 0.15) is 11.9 Å². The average Bonchev–Trinajstić information content (AvgIpc) is 1.05. The van der Waals surface area contributed by atoms with Gasteiger partial charge in [-0.2, -0.15) is 0 Å². The van der Waals surface area contributed by atoms with Crippen molar-refractivity contribution in [2.75, 3.05) is 44.8 Å². The molecule has 2 bridgehead atoms. The van der Waals surface area contributed by atoms with Crippen molar-refractivity contribution in [1.82, 2.24) is 10.3 Å². The zero-order valence-electron chi connectivity index (χ0n) is 48.3. The fraction of sp³-hybridized carbons (Fsp3) is 0.485. The first kappa shape index (κ1) is 59.6. The van der Waals surface area contributed by atoms with E-state index in [1.54, 1.807) is 62.4 Å². The van der Waals surface area contributed by atoms with E-state index in [1.807, 2.05) is 61.9 Å². The average molecular weight is 1210 g/mol. The SMILES string of the molecule is CCc1ccc2cccc3c2c1Cc1c(ccc(O)c1OC)CC(Cc1cc[nH]c1)C(O)C1C(=O)C(c2cc(O)c4c(c2)C2(NC)CCCCC2C=C4)(C2CSSCC4CCCCC4Oc4cc2ccc4OCO)C(O)CC1CSSC3CO. The molecule has 3 fully saturated rings. The van der Waals surface area contributed by atoms with Crippen LogP contribution in [0.4, 0.5) is 0 Å². The van der Waals surface area contributed by atoms with Crippen molar-refractivity contribution in [3.8, 4) is 28.7 Å². The molecule has 5 aromatic carbocycles. The normalized spacial score (nSPS) is 30.0. The third-order valence-electron chi connectivity index (χ3n) is 20.2. The number of phenolic OH excluding ortho intramolecular Hbond substituents is 2. The molecule has 12 unspecified atom stereocenters. The molecule has 0 amide bonds. The lowest BCUT2D eigenvalue weighted by Gasteiger charge is -2.53. The van der Waals surface area contributed by atoms with Crippen LogP contribution in [0.25, 0.3) is 16.8 Å². The number of fused-ring (bicyclic) bond motifs is 8. The van der Waals surface area contributed by atoms with Gasteiger partial charge in [0.25, 0.3) is 0 Å². The van der Waals surface area contributed by atoms with E-state index >= 15 is 4.79 Å². The number of aromatic hydroxyl groups is 2. The van der Waals surface area contributed by atoms with Gasteiger partial charge in [0.2, 0.25) is 0 Å². The first-order valence-electron chi connectivity index (χ1n) is 30.3. The van der Waals surface area contributed by atoms with Crippen LogP contribution in [-0.4, -0.2) is 105 Å². The number of aliphatic hydroxyl groups excluding tert-OH is 4. The van der Waals surface area contributed by atoms with E-state index in [1.165, 1.54) is 0 Å². The minimum absolute atomic E-state index is 0.000927. The minimum Gasteiger partial charge on any atom is -0.507 e. The van der Waals surface area contributed by atoms with Crippen molar-refractivity contribution in [2.45, 2.75) is 131 Å². The van der Waals surface area contributed by atoms with Crippen LogP contribution in [0, 0.1) is 29.6 Å². The molecular formula is C68H80N2O10S4. The number of benzene rings is 5. The molecule has 0 spiro atoms. The molecule has 6 aromatic rings. The predicted molar refractivity (Wildman–Crippen MR) is 341 cm³/mol. The third-order valence-corrected chi connectivity index (χ3v) is 25.6. The number of phenols is 2. The van der Waals surface area contributed by atoms with Gasteiger partial charge in [-0.25, -0.2) is 0 Å². The van der Waals surface area contributed by atoms with Crippen LogP contribution in [0.3, 0.4) is 0 Å². The number of ether oxygens (including phenoxy) is 3. The Morgan fingerprint density at radius 2 is 1.70 bits per heavy atom. The van der Waals surface area contributed by atoms with Crippen LogP contribution in [0.15, 0.2) is 97.3 Å². The first-order chi connectivity index (χ1) is 40.9. The number of carbonyl (C=O) groups excluding carboxylic acids is 1. The van der Waals surface area contributed by atoms with Gasteiger partial charge < -0.3 is 55.2 Å². The predicted octanol–water partition coefficient (Wildman–Crippen LogP) is 12.5. The standard InChI is InChI=1S/C68H80N2O10S4/c1-4-40-15-16-41-11-9-13-50-60(34-71)84-83-36-46-29-61(75)68(48-30-53-49(56(74)31-48)20-19-47-12-7-8-24-67(47,53)69-2,54-37-82-81-35-44-10-5-6-14-57(44)80-59-28-43(54)18-22-58(59)79-38-72)66(77)63(46)64(76)45(26-39-23-25-70-33-39)27-42-17-21-55(73)65(78-3)52(42)32-51(40)62(41)50/h9,11,13,15-23,25,28,30-31,33,44-47,54,57,60-61,63-64,69-76H,4-8,10,12,14,24,26-27,29,32,34-38H2,1-3H3. The van der Waals surface area contributed by atoms with E-state index in [4.69, 9.17) is 14.2 Å². The highest BCUT2D eigenvalue weighted by atomic mass is 33.1. The molecule has 12 atom stereocenters. The van der Waals surface area contributed by atoms with Crippen LogP contribution >= 0.6 is 43.2 Å². The zero-order chi connectivity index (χ0) is 58.3. The van der Waals surface area contributed by atoms with Gasteiger partial charge in [0.15, 0.2) is 35.6 Å². The number of ketones is 1. The summed E-state index contributed by atoms with van der Waals surface area (Å²) >= 11 is 0. The Labute approximate surface area is 509 Å². The van der Waals surface area contributed by atoms with E-state index in [0.717, 1.165) is 119 Å². The molecule has 2 aliphatic heterocycles. The Bertz CT molecular complexity index is 3380. The molecular weight excluding hydrogens is 1130 g/mol. The summed E-state index contributed by atoms with van der Waals surface area (Å²) in [6.07, 6.45) is 15.2. The summed E-state index contributed by atoms with van der Waals surface area (Å²) < 4.78 is 19.1. The van der Waals surface area contributed by atoms with Crippen LogP contribution in [0.5, 0.6) is 28.7 Å². The van der Waals surface area contributed by atoms with E-state index < -0.39 is 53.6 Å². The number of methoxy groups -OCH3 is 1. The van der Waals surface area contributed by atoms with Crippen molar-refractivity contribution < 1.29 is 49.6 Å². The fourth-order valence-corrected chi connectivity index (χ4v) is 21.7. The lowest BCUT2D eigenvalue weighted by atomic mass is 9.52. The van der Waals surface area contributed by atoms with Gasteiger partial charge in [-0.1, -0.05) is 130 Å². The third kappa shape index (κ3) is 10.8. The number of carbonyl (C=O) groups is 1. The second-order valence-corrected chi connectivity index (χ2v) is 29.5. The van der Waals surface area contributed by atoms with Gasteiger partial charge in [-0.15, -0.1) is 0 Å². The Kier molecular flexibility index (Phi) is 18.1. The summed E-state index contributed by atoms with van der Waals surface area (Å²) in [6, 6.07) is 25.8. The maximum Gasteiger partial charge on any atom is 0.186 e. The summed E-state index contributed by atoms with van der Waals surface area (Å²) in [5.41, 5.74) is 6.36. The Morgan fingerprint density at radius 1 is 0.869 bits per heavy atom. The quantitative estimate of drug-likeness (QED) is 0.0477. The number of aryl methyl sites for hydroxylation is 1. The van der Waals surface area contributed by atoms with Crippen LogP contribution in [0.1, 0.15) is 132 Å². The Morgan fingerprint density at radius 3 is 2.50 bits per heavy atom. The Balaban J connectivity index is 1.08. The number of Topliss-reactive ketones (excluding diaryl/α,β-unsaturated/α-hetero) is 1. The number of hydrogen-bond acceptors (Lipinski definition) is 15. The molecule has 12 nitrogen and oxygen atoms in total. The highest BCUT2D eigenvalue weighted by molar-refractivity contribution is 8.77. The van der Waals surface area contributed by atoms with Crippen LogP contribution < -0.4 is 19.5 Å². The number of aliphatic hydroxyl groups is 4. The van der Waals surface area contributed by atoms with Crippen molar-refractivity contribution in [2.24, 2.45) is 29.6 Å². The molecule has 3 heterocycles. The molecule has 4 aliphatic carbocycles. The maximum atomic E-state index is 17.8. The summed E-state index contributed by atoms with van der Waals surface area (Å²) in [7, 11) is 10.2. The highest BCUT2D eigenvalue weighted by Gasteiger charge is 2.62. The first-order valence-corrected chi connectivity index (χ1v) is 35.2. The van der Waals surface area contributed by atoms with Gasteiger partial charge >= 0.3 is 0 Å². The van der Waals surface area contributed by atoms with E-state index in [0.29, 0.717) is 59.1 Å². The van der Waals surface area contributed by atoms with E-state index in [9.17, 15) is 30.6 Å². The number of nitrogens with one attached hydrogen (secondary N) is 2. The number of hydrogen-bond donors (Lipinski definition) is 8. The molecule has 1 aromatic heterocycles. The second-order valence-electron chi connectivity index (χ2n) is 24.3. The molecule has 0 saturated heterocycles. The zero-order valence-corrected chi connectivity index (χ0v) is 51.5. The summed E-state index contributed by atoms with van der Waals surface area (Å²) in [5, 5.41) is 79.6. The molecule has 446 valence electrons. The molecule has 16 heteroatoms. The monoisotopic (exact) mass is 1210 g/mol. The van der Waals surface area contributed by atoms with Crippen molar-refractivity contribution >= 4 is 65.8 Å². The summed E-state index contributed by atoms with van der Waals surface area (Å²) in [6.45, 7) is 1.43. The largest absolute Gasteiger partial charge is 0.507 e. The highest BCUT2D eigenvalue weighted by Crippen LogP contribution is 2.59. The summed E-state index contributed by atoms with van der Waals surface area (Å²) in [5.74, 6) is 0.0128. The topological polar surface area (TPSA) is 194 Å². The number of rotatable bonds is 10. The van der Waals surface area contributed by atoms with Crippen LogP contribution in [0.2, 0.25) is 0 Å². The minimum atomic E-state index is -1.76. The molecule has 6 aliphatic rings.